The van der Waals surface area contributed by atoms with E-state index in [1.54, 1.807) is 26.0 Å². The summed E-state index contributed by atoms with van der Waals surface area (Å²) in [5, 5.41) is 25.0. The number of nitrogens with zero attached hydrogens (tertiary/aromatic N) is 2. The first kappa shape index (κ1) is 20.2. The van der Waals surface area contributed by atoms with Crippen LogP contribution in [0.2, 0.25) is 0 Å². The maximum absolute atomic E-state index is 12.9. The number of nitro groups is 1. The van der Waals surface area contributed by atoms with Gasteiger partial charge in [0.05, 0.1) is 10.6 Å². The second kappa shape index (κ2) is 7.47. The van der Waals surface area contributed by atoms with Gasteiger partial charge in [0, 0.05) is 10.5 Å². The van der Waals surface area contributed by atoms with E-state index in [1.165, 1.54) is 6.07 Å². The number of imide groups is 2. The summed E-state index contributed by atoms with van der Waals surface area (Å²) >= 11 is 2.94. The van der Waals surface area contributed by atoms with Crippen LogP contribution < -0.4 is 15.3 Å². The minimum atomic E-state index is -0.939. The fraction of sp³-hybridized carbons (Fsp3) is 0.105. The Kier molecular flexibility index (Phi) is 5.21. The van der Waals surface area contributed by atoms with Gasteiger partial charge in [-0.15, -0.1) is 0 Å². The first-order valence-electron chi connectivity index (χ1n) is 8.23. The van der Waals surface area contributed by atoms with E-state index in [1.807, 2.05) is 6.07 Å². The third kappa shape index (κ3) is 3.87. The quantitative estimate of drug-likeness (QED) is 0.325. The monoisotopic (exact) mass is 458 g/mol. The molecule has 0 atom stereocenters. The van der Waals surface area contributed by atoms with Crippen LogP contribution in [0.3, 0.4) is 0 Å². The van der Waals surface area contributed by atoms with Crippen molar-refractivity contribution in [3.8, 4) is 5.75 Å². The summed E-state index contributed by atoms with van der Waals surface area (Å²) in [6.07, 6.45) is 1.09. The molecule has 4 amide bonds. The molecule has 0 saturated carbocycles. The highest BCUT2D eigenvalue weighted by Crippen LogP contribution is 2.34. The van der Waals surface area contributed by atoms with Crippen LogP contribution in [-0.2, 0) is 9.59 Å². The molecule has 1 N–H and O–H groups in total. The van der Waals surface area contributed by atoms with E-state index >= 15 is 0 Å². The van der Waals surface area contributed by atoms with Crippen molar-refractivity contribution < 1.29 is 24.4 Å². The molecule has 0 bridgehead atoms. The number of urea groups is 1. The lowest BCUT2D eigenvalue weighted by atomic mass is 10.0. The molecule has 2 aromatic rings. The van der Waals surface area contributed by atoms with Gasteiger partial charge in [-0.3, -0.25) is 25.0 Å². The van der Waals surface area contributed by atoms with Crippen LogP contribution >= 0.6 is 15.9 Å². The lowest BCUT2D eigenvalue weighted by molar-refractivity contribution is -0.398. The number of aryl methyl sites for hydroxylation is 2. The van der Waals surface area contributed by atoms with Crippen LogP contribution in [0.15, 0.2) is 40.4 Å². The molecule has 1 aliphatic heterocycles. The molecule has 9 nitrogen and oxygen atoms in total. The lowest BCUT2D eigenvalue weighted by Gasteiger charge is -2.27. The van der Waals surface area contributed by atoms with Crippen LogP contribution in [0.4, 0.5) is 16.2 Å². The zero-order valence-corrected chi connectivity index (χ0v) is 16.8. The highest BCUT2D eigenvalue weighted by Gasteiger charge is 2.37. The molecule has 0 spiro atoms. The van der Waals surface area contributed by atoms with Crippen molar-refractivity contribution >= 4 is 51.2 Å². The summed E-state index contributed by atoms with van der Waals surface area (Å²) in [5.74, 6) is -2.65. The Morgan fingerprint density at radius 3 is 2.28 bits per heavy atom. The van der Waals surface area contributed by atoms with Gasteiger partial charge in [-0.05, 0) is 60.6 Å². The molecular formula is C19H13BrN3O6-. The van der Waals surface area contributed by atoms with E-state index in [4.69, 9.17) is 0 Å². The topological polar surface area (TPSA) is 133 Å². The Morgan fingerprint density at radius 1 is 1.07 bits per heavy atom. The summed E-state index contributed by atoms with van der Waals surface area (Å²) in [6, 6.07) is 6.40. The molecule has 1 fully saturated rings. The largest absolute Gasteiger partial charge is 0.867 e. The molecule has 1 saturated heterocycles. The highest BCUT2D eigenvalue weighted by atomic mass is 79.9. The van der Waals surface area contributed by atoms with Crippen LogP contribution in [0.1, 0.15) is 16.7 Å². The number of nitro benzene ring substituents is 1. The maximum atomic E-state index is 12.9. The van der Waals surface area contributed by atoms with Crippen molar-refractivity contribution in [1.82, 2.24) is 5.32 Å². The molecule has 29 heavy (non-hydrogen) atoms. The average Bonchev–Trinajstić information content (AvgIpc) is 2.60. The minimum Gasteiger partial charge on any atom is -0.867 e. The number of benzene rings is 2. The summed E-state index contributed by atoms with van der Waals surface area (Å²) < 4.78 is -0.0931. The smallest absolute Gasteiger partial charge is 0.335 e. The Bertz CT molecular complexity index is 1100. The molecule has 148 valence electrons. The van der Waals surface area contributed by atoms with Gasteiger partial charge in [0.1, 0.15) is 5.57 Å². The number of rotatable bonds is 3. The predicted octanol–water partition coefficient (Wildman–Crippen LogP) is 2.71. The number of halogens is 1. The predicted molar refractivity (Wildman–Crippen MR) is 105 cm³/mol. The number of nitrogens with one attached hydrogen (secondary N) is 1. The number of carbonyl (C=O) groups excluding carboxylic acids is 3. The molecule has 0 unspecified atom stereocenters. The van der Waals surface area contributed by atoms with Crippen molar-refractivity contribution in [3.05, 3.63) is 67.2 Å². The van der Waals surface area contributed by atoms with Crippen molar-refractivity contribution in [1.29, 1.82) is 0 Å². The second-order valence-corrected chi connectivity index (χ2v) is 7.27. The normalized spacial score (nSPS) is 15.6. The van der Waals surface area contributed by atoms with E-state index < -0.39 is 39.8 Å². The first-order valence-corrected chi connectivity index (χ1v) is 9.02. The van der Waals surface area contributed by atoms with E-state index in [0.717, 1.165) is 28.2 Å². The summed E-state index contributed by atoms with van der Waals surface area (Å²) in [5.41, 5.74) is 0.879. The van der Waals surface area contributed by atoms with Gasteiger partial charge in [-0.25, -0.2) is 9.69 Å². The number of carbonyl (C=O) groups is 3. The zero-order chi connectivity index (χ0) is 21.5. The maximum Gasteiger partial charge on any atom is 0.335 e. The van der Waals surface area contributed by atoms with Gasteiger partial charge < -0.3 is 5.11 Å². The number of hydrogen-bond acceptors (Lipinski definition) is 6. The number of barbiturate groups is 1. The Balaban J connectivity index is 2.10. The third-order valence-corrected chi connectivity index (χ3v) is 4.71. The SMILES string of the molecule is Cc1cc(C)cc(N2C(=O)NC(=O)/C(=C\c3cc(Br)c([O-])c([N+](=O)[O-])c3)C2=O)c1. The van der Waals surface area contributed by atoms with E-state index in [9.17, 15) is 29.6 Å². The van der Waals surface area contributed by atoms with Gasteiger partial charge >= 0.3 is 6.03 Å². The van der Waals surface area contributed by atoms with Crippen molar-refractivity contribution in [2.45, 2.75) is 13.8 Å². The Hall–Kier alpha value is -3.53. The number of hydrogen-bond donors (Lipinski definition) is 1. The summed E-state index contributed by atoms with van der Waals surface area (Å²) in [7, 11) is 0. The van der Waals surface area contributed by atoms with Gasteiger partial charge in [-0.2, -0.15) is 0 Å². The van der Waals surface area contributed by atoms with Gasteiger partial charge in [0.15, 0.2) is 0 Å². The molecule has 0 aliphatic carbocycles. The highest BCUT2D eigenvalue weighted by molar-refractivity contribution is 9.10. The zero-order valence-electron chi connectivity index (χ0n) is 15.2. The van der Waals surface area contributed by atoms with E-state index in [-0.39, 0.29) is 15.7 Å². The Labute approximate surface area is 172 Å². The molecule has 0 radical (unpaired) electrons. The molecular weight excluding hydrogens is 446 g/mol. The van der Waals surface area contributed by atoms with E-state index in [2.05, 4.69) is 21.2 Å². The third-order valence-electron chi connectivity index (χ3n) is 4.12. The number of amides is 4. The molecule has 10 heteroatoms. The first-order chi connectivity index (χ1) is 13.6. The second-order valence-electron chi connectivity index (χ2n) is 6.41. The van der Waals surface area contributed by atoms with Crippen LogP contribution in [0.25, 0.3) is 6.08 Å². The minimum absolute atomic E-state index is 0.0800. The summed E-state index contributed by atoms with van der Waals surface area (Å²) in [6.45, 7) is 3.59. The van der Waals surface area contributed by atoms with Gasteiger partial charge in [-0.1, -0.05) is 22.0 Å². The van der Waals surface area contributed by atoms with Crippen molar-refractivity contribution in [3.63, 3.8) is 0 Å². The lowest BCUT2D eigenvalue weighted by Crippen LogP contribution is -2.54. The van der Waals surface area contributed by atoms with Crippen LogP contribution in [-0.4, -0.2) is 22.8 Å². The van der Waals surface area contributed by atoms with Crippen molar-refractivity contribution in [2.24, 2.45) is 0 Å². The van der Waals surface area contributed by atoms with Gasteiger partial charge in [0.25, 0.3) is 17.5 Å². The molecule has 2 aromatic carbocycles. The van der Waals surface area contributed by atoms with Crippen LogP contribution in [0.5, 0.6) is 5.75 Å². The summed E-state index contributed by atoms with van der Waals surface area (Å²) in [4.78, 5) is 48.5. The Morgan fingerprint density at radius 2 is 1.69 bits per heavy atom. The average molecular weight is 459 g/mol. The number of anilines is 1. The fourth-order valence-corrected chi connectivity index (χ4v) is 3.42. The van der Waals surface area contributed by atoms with Gasteiger partial charge in [0.2, 0.25) is 0 Å². The molecule has 1 aliphatic rings. The van der Waals surface area contributed by atoms with Crippen molar-refractivity contribution in [2.75, 3.05) is 4.90 Å². The standard InChI is InChI=1S/C19H14BrN3O6/c1-9-3-10(2)5-12(4-9)22-18(26)13(17(25)21-19(22)27)6-11-7-14(20)16(24)15(8-11)23(28)29/h3-8,24H,1-2H3,(H,21,25,27)/p-1/b13-6+. The van der Waals surface area contributed by atoms with E-state index in [0.29, 0.717) is 0 Å². The van der Waals surface area contributed by atoms with Crippen LogP contribution in [0, 0.1) is 24.0 Å². The molecule has 1 heterocycles. The molecule has 0 aromatic heterocycles. The fourth-order valence-electron chi connectivity index (χ4n) is 2.96. The molecule has 3 rings (SSSR count).